The zero-order valence-corrected chi connectivity index (χ0v) is 11.2. The summed E-state index contributed by atoms with van der Waals surface area (Å²) >= 11 is 6.97. The Morgan fingerprint density at radius 1 is 1.27 bits per heavy atom. The minimum atomic E-state index is 0.642. The smallest absolute Gasteiger partial charge is 0.0877 e. The molecule has 15 heavy (non-hydrogen) atoms. The normalized spacial score (nSPS) is 10.6. The highest BCUT2D eigenvalue weighted by Crippen LogP contribution is 2.36. The zero-order valence-electron chi connectivity index (χ0n) is 8.01. The van der Waals surface area contributed by atoms with Crippen LogP contribution in [-0.2, 0) is 0 Å². The number of nitrogens with zero attached hydrogens (tertiary/aromatic N) is 1. The Morgan fingerprint density at radius 3 is 2.60 bits per heavy atom. The molecule has 5 heteroatoms. The van der Waals surface area contributed by atoms with Gasteiger partial charge >= 0.3 is 0 Å². The van der Waals surface area contributed by atoms with Gasteiger partial charge in [0.25, 0.3) is 0 Å². The van der Waals surface area contributed by atoms with Crippen molar-refractivity contribution < 1.29 is 0 Å². The molecule has 0 spiro atoms. The number of rotatable bonds is 1. The lowest BCUT2D eigenvalue weighted by atomic mass is 10.1. The van der Waals surface area contributed by atoms with Crippen LogP contribution in [0.1, 0.15) is 0 Å². The number of fused-ring (bicyclic) bond motifs is 1. The molecule has 0 unspecified atom stereocenters. The van der Waals surface area contributed by atoms with Gasteiger partial charge in [0.15, 0.2) is 0 Å². The summed E-state index contributed by atoms with van der Waals surface area (Å²) in [6.07, 6.45) is 1.66. The average Bonchev–Trinajstić information content (AvgIpc) is 2.23. The molecule has 1 aromatic carbocycles. The first-order chi connectivity index (χ1) is 7.15. The molecule has 1 heterocycles. The van der Waals surface area contributed by atoms with Crippen LogP contribution in [0.5, 0.6) is 0 Å². The quantitative estimate of drug-likeness (QED) is 0.842. The monoisotopic (exact) mass is 329 g/mol. The standard InChI is InChI=1S/C10H9Br2N3/c1-14-10-7(13)4-15-9-6(12)3-2-5(11)8(9)10/h2-4H,13H2,1H3,(H,14,15). The Labute approximate surface area is 104 Å². The summed E-state index contributed by atoms with van der Waals surface area (Å²) < 4.78 is 1.93. The molecule has 0 saturated heterocycles. The first-order valence-electron chi connectivity index (χ1n) is 4.35. The lowest BCUT2D eigenvalue weighted by Gasteiger charge is -2.11. The molecule has 1 aromatic heterocycles. The highest BCUT2D eigenvalue weighted by atomic mass is 79.9. The Balaban J connectivity index is 2.96. The zero-order chi connectivity index (χ0) is 11.0. The number of aromatic nitrogens is 1. The number of anilines is 2. The number of halogens is 2. The third kappa shape index (κ3) is 1.70. The SMILES string of the molecule is CNc1c(N)cnc2c(Br)ccc(Br)c12. The first-order valence-corrected chi connectivity index (χ1v) is 5.93. The van der Waals surface area contributed by atoms with Crippen molar-refractivity contribution in [3.8, 4) is 0 Å². The number of hydrogen-bond donors (Lipinski definition) is 2. The summed E-state index contributed by atoms with van der Waals surface area (Å²) in [6.45, 7) is 0. The second-order valence-corrected chi connectivity index (χ2v) is 4.80. The highest BCUT2D eigenvalue weighted by Gasteiger charge is 2.10. The third-order valence-corrected chi connectivity index (χ3v) is 3.50. The molecule has 0 aliphatic rings. The summed E-state index contributed by atoms with van der Waals surface area (Å²) in [7, 11) is 1.85. The van der Waals surface area contributed by atoms with Gasteiger partial charge in [-0.25, -0.2) is 0 Å². The van der Waals surface area contributed by atoms with E-state index in [-0.39, 0.29) is 0 Å². The molecule has 0 aliphatic heterocycles. The number of benzene rings is 1. The van der Waals surface area contributed by atoms with Crippen LogP contribution in [-0.4, -0.2) is 12.0 Å². The Morgan fingerprint density at radius 2 is 1.93 bits per heavy atom. The number of nitrogens with two attached hydrogens (primary N) is 1. The fourth-order valence-electron chi connectivity index (χ4n) is 1.52. The maximum atomic E-state index is 5.85. The van der Waals surface area contributed by atoms with E-state index >= 15 is 0 Å². The van der Waals surface area contributed by atoms with Crippen molar-refractivity contribution in [1.82, 2.24) is 4.98 Å². The second-order valence-electron chi connectivity index (χ2n) is 3.09. The molecule has 0 amide bonds. The highest BCUT2D eigenvalue weighted by molar-refractivity contribution is 9.11. The lowest BCUT2D eigenvalue weighted by molar-refractivity contribution is 1.38. The van der Waals surface area contributed by atoms with E-state index in [2.05, 4.69) is 42.2 Å². The van der Waals surface area contributed by atoms with Gasteiger partial charge in [0, 0.05) is 21.4 Å². The van der Waals surface area contributed by atoms with Crippen LogP contribution in [0.25, 0.3) is 10.9 Å². The van der Waals surface area contributed by atoms with Gasteiger partial charge in [-0.1, -0.05) is 15.9 Å². The van der Waals surface area contributed by atoms with E-state index in [1.54, 1.807) is 6.20 Å². The van der Waals surface area contributed by atoms with E-state index in [1.807, 2.05) is 19.2 Å². The maximum Gasteiger partial charge on any atom is 0.0877 e. The van der Waals surface area contributed by atoms with Crippen LogP contribution < -0.4 is 11.1 Å². The number of nitrogen functional groups attached to an aromatic ring is 1. The van der Waals surface area contributed by atoms with Crippen LogP contribution in [0.2, 0.25) is 0 Å². The summed E-state index contributed by atoms with van der Waals surface area (Å²) in [5.41, 5.74) is 8.29. The van der Waals surface area contributed by atoms with Gasteiger partial charge in [0.1, 0.15) is 0 Å². The summed E-state index contributed by atoms with van der Waals surface area (Å²) in [5, 5.41) is 4.08. The molecule has 3 N–H and O–H groups in total. The van der Waals surface area contributed by atoms with Gasteiger partial charge in [-0.15, -0.1) is 0 Å². The Hall–Kier alpha value is -0.810. The van der Waals surface area contributed by atoms with E-state index in [1.165, 1.54) is 0 Å². The van der Waals surface area contributed by atoms with Gasteiger partial charge < -0.3 is 11.1 Å². The summed E-state index contributed by atoms with van der Waals surface area (Å²) in [5.74, 6) is 0. The van der Waals surface area contributed by atoms with Crippen molar-refractivity contribution in [3.63, 3.8) is 0 Å². The van der Waals surface area contributed by atoms with Crippen LogP contribution in [0.3, 0.4) is 0 Å². The minimum absolute atomic E-state index is 0.642. The number of pyridine rings is 1. The molecule has 0 fully saturated rings. The molecule has 0 radical (unpaired) electrons. The molecule has 0 saturated carbocycles. The van der Waals surface area contributed by atoms with Gasteiger partial charge in [-0.05, 0) is 28.1 Å². The van der Waals surface area contributed by atoms with E-state index in [0.717, 1.165) is 25.5 Å². The van der Waals surface area contributed by atoms with Crippen molar-refractivity contribution in [2.45, 2.75) is 0 Å². The molecular formula is C10H9Br2N3. The molecule has 0 bridgehead atoms. The van der Waals surface area contributed by atoms with E-state index < -0.39 is 0 Å². The fourth-order valence-corrected chi connectivity index (χ4v) is 2.47. The van der Waals surface area contributed by atoms with E-state index in [4.69, 9.17) is 5.73 Å². The van der Waals surface area contributed by atoms with E-state index in [9.17, 15) is 0 Å². The van der Waals surface area contributed by atoms with Crippen molar-refractivity contribution in [2.75, 3.05) is 18.1 Å². The fraction of sp³-hybridized carbons (Fsp3) is 0.100. The third-order valence-electron chi connectivity index (χ3n) is 2.20. The molecule has 0 atom stereocenters. The predicted molar refractivity (Wildman–Crippen MR) is 71.1 cm³/mol. The average molecular weight is 331 g/mol. The maximum absolute atomic E-state index is 5.85. The molecule has 78 valence electrons. The topological polar surface area (TPSA) is 50.9 Å². The van der Waals surface area contributed by atoms with Crippen LogP contribution in [0.15, 0.2) is 27.3 Å². The van der Waals surface area contributed by atoms with Crippen molar-refractivity contribution in [2.24, 2.45) is 0 Å². The first kappa shape index (κ1) is 10.7. The van der Waals surface area contributed by atoms with Crippen LogP contribution >= 0.6 is 31.9 Å². The molecule has 0 aliphatic carbocycles. The Kier molecular flexibility index (Phi) is 2.84. The van der Waals surface area contributed by atoms with Crippen molar-refractivity contribution in [3.05, 3.63) is 27.3 Å². The molecule has 3 nitrogen and oxygen atoms in total. The van der Waals surface area contributed by atoms with Gasteiger partial charge in [-0.2, -0.15) is 0 Å². The molecular weight excluding hydrogens is 322 g/mol. The molecule has 2 aromatic rings. The Bertz CT molecular complexity index is 526. The van der Waals surface area contributed by atoms with Crippen LogP contribution in [0, 0.1) is 0 Å². The minimum Gasteiger partial charge on any atom is -0.396 e. The predicted octanol–water partition coefficient (Wildman–Crippen LogP) is 3.38. The second kappa shape index (κ2) is 3.98. The number of hydrogen-bond acceptors (Lipinski definition) is 3. The molecule has 2 rings (SSSR count). The van der Waals surface area contributed by atoms with Gasteiger partial charge in [-0.3, -0.25) is 4.98 Å². The van der Waals surface area contributed by atoms with E-state index in [0.29, 0.717) is 5.69 Å². The van der Waals surface area contributed by atoms with Gasteiger partial charge in [0.05, 0.1) is 23.1 Å². The number of nitrogens with one attached hydrogen (secondary N) is 1. The largest absolute Gasteiger partial charge is 0.396 e. The van der Waals surface area contributed by atoms with Gasteiger partial charge in [0.2, 0.25) is 0 Å². The van der Waals surface area contributed by atoms with Crippen molar-refractivity contribution >= 4 is 54.1 Å². The summed E-state index contributed by atoms with van der Waals surface area (Å²) in [4.78, 5) is 4.31. The van der Waals surface area contributed by atoms with Crippen LogP contribution in [0.4, 0.5) is 11.4 Å². The summed E-state index contributed by atoms with van der Waals surface area (Å²) in [6, 6.07) is 3.92. The lowest BCUT2D eigenvalue weighted by Crippen LogP contribution is -1.98. The van der Waals surface area contributed by atoms with Crippen molar-refractivity contribution in [1.29, 1.82) is 0 Å².